The summed E-state index contributed by atoms with van der Waals surface area (Å²) in [6.07, 6.45) is -1.30. The van der Waals surface area contributed by atoms with E-state index in [1.807, 2.05) is 0 Å². The maximum Gasteiger partial charge on any atom is 0.271 e. The Bertz CT molecular complexity index is 1020. The fourth-order valence-corrected chi connectivity index (χ4v) is 3.33. The molecule has 0 radical (unpaired) electrons. The lowest BCUT2D eigenvalue weighted by molar-refractivity contribution is -0.384. The summed E-state index contributed by atoms with van der Waals surface area (Å²) in [4.78, 5) is 23.0. The Morgan fingerprint density at radius 2 is 1.84 bits per heavy atom. The SMILES string of the molecule is COc1ccc([N+](=O)[O-])cc1NC(=S)NC(NC(=O)c1ccc(Cl)cc1Cl)C(Cl)(Cl)Cl. The molecule has 0 bridgehead atoms. The van der Waals surface area contributed by atoms with Gasteiger partial charge < -0.3 is 20.7 Å². The van der Waals surface area contributed by atoms with Crippen LogP contribution in [0.4, 0.5) is 11.4 Å². The molecule has 2 aromatic carbocycles. The Balaban J connectivity index is 2.20. The Morgan fingerprint density at radius 3 is 2.39 bits per heavy atom. The normalized spacial score (nSPS) is 11.9. The smallest absolute Gasteiger partial charge is 0.271 e. The number of carbonyl (C=O) groups is 1. The molecule has 0 aliphatic rings. The summed E-state index contributed by atoms with van der Waals surface area (Å²) < 4.78 is 3.12. The van der Waals surface area contributed by atoms with E-state index in [0.29, 0.717) is 5.02 Å². The summed E-state index contributed by atoms with van der Waals surface area (Å²) in [6.45, 7) is 0. The number of ether oxygens (including phenoxy) is 1. The van der Waals surface area contributed by atoms with Crippen LogP contribution in [0.3, 0.4) is 0 Å². The minimum absolute atomic E-state index is 0.0892. The van der Waals surface area contributed by atoms with Crippen LogP contribution in [0.1, 0.15) is 10.4 Å². The van der Waals surface area contributed by atoms with E-state index in [1.54, 1.807) is 0 Å². The average molecular weight is 547 g/mol. The van der Waals surface area contributed by atoms with Crippen LogP contribution in [0.15, 0.2) is 36.4 Å². The number of halogens is 5. The molecule has 0 aliphatic carbocycles. The fourth-order valence-electron chi connectivity index (χ4n) is 2.28. The second kappa shape index (κ2) is 10.7. The topological polar surface area (TPSA) is 106 Å². The van der Waals surface area contributed by atoms with Crippen molar-refractivity contribution in [2.75, 3.05) is 12.4 Å². The van der Waals surface area contributed by atoms with Gasteiger partial charge in [0.25, 0.3) is 11.6 Å². The zero-order valence-corrected chi connectivity index (χ0v) is 20.0. The third-order valence-electron chi connectivity index (χ3n) is 3.70. The highest BCUT2D eigenvalue weighted by Gasteiger charge is 2.35. The summed E-state index contributed by atoms with van der Waals surface area (Å²) in [5, 5.41) is 19.2. The van der Waals surface area contributed by atoms with Crippen LogP contribution in [0.2, 0.25) is 10.0 Å². The quantitative estimate of drug-likeness (QED) is 0.148. The van der Waals surface area contributed by atoms with E-state index in [1.165, 1.54) is 43.5 Å². The van der Waals surface area contributed by atoms with E-state index in [9.17, 15) is 14.9 Å². The third-order valence-corrected chi connectivity index (χ3v) is 5.12. The van der Waals surface area contributed by atoms with Crippen LogP contribution in [0, 0.1) is 10.1 Å². The number of alkyl halides is 3. The first-order valence-electron chi connectivity index (χ1n) is 8.15. The highest BCUT2D eigenvalue weighted by molar-refractivity contribution is 7.80. The largest absolute Gasteiger partial charge is 0.495 e. The van der Waals surface area contributed by atoms with Crippen molar-refractivity contribution in [2.24, 2.45) is 0 Å². The van der Waals surface area contributed by atoms with Crippen LogP contribution in [-0.4, -0.2) is 33.0 Å². The minimum atomic E-state index is -2.03. The predicted octanol–water partition coefficient (Wildman–Crippen LogP) is 5.32. The van der Waals surface area contributed by atoms with Gasteiger partial charge in [-0.3, -0.25) is 14.9 Å². The molecule has 0 fully saturated rings. The Hall–Kier alpha value is -1.75. The van der Waals surface area contributed by atoms with Crippen molar-refractivity contribution in [3.05, 3.63) is 62.1 Å². The van der Waals surface area contributed by atoms with Gasteiger partial charge in [0, 0.05) is 17.2 Å². The molecule has 3 N–H and O–H groups in total. The number of carbonyl (C=O) groups excluding carboxylic acids is 1. The van der Waals surface area contributed by atoms with Gasteiger partial charge in [0.05, 0.1) is 28.3 Å². The molecule has 0 aromatic heterocycles. The number of benzene rings is 2. The van der Waals surface area contributed by atoms with Crippen molar-refractivity contribution in [3.8, 4) is 5.75 Å². The number of nitrogens with one attached hydrogen (secondary N) is 3. The summed E-state index contributed by atoms with van der Waals surface area (Å²) >= 11 is 35.0. The van der Waals surface area contributed by atoms with Crippen molar-refractivity contribution in [3.63, 3.8) is 0 Å². The van der Waals surface area contributed by atoms with Crippen molar-refractivity contribution in [2.45, 2.75) is 9.96 Å². The molecule has 1 atom stereocenters. The van der Waals surface area contributed by atoms with Gasteiger partial charge in [-0.1, -0.05) is 58.0 Å². The number of amides is 1. The van der Waals surface area contributed by atoms with Gasteiger partial charge in [-0.05, 0) is 36.5 Å². The molecule has 0 saturated carbocycles. The van der Waals surface area contributed by atoms with E-state index in [2.05, 4.69) is 16.0 Å². The van der Waals surface area contributed by atoms with Gasteiger partial charge >= 0.3 is 0 Å². The Morgan fingerprint density at radius 1 is 1.16 bits per heavy atom. The lowest BCUT2D eigenvalue weighted by Crippen LogP contribution is -2.56. The number of rotatable bonds is 6. The van der Waals surface area contributed by atoms with Crippen molar-refractivity contribution >= 4 is 92.6 Å². The standard InChI is InChI=1S/C17H13Cl5N4O4S/c1-30-13-5-3-9(26(28)29)7-12(13)23-16(31)25-15(17(20,21)22)24-14(27)10-4-2-8(18)6-11(10)19/h2-7,15H,1H3,(H,24,27)(H2,23,25,31). The van der Waals surface area contributed by atoms with E-state index >= 15 is 0 Å². The van der Waals surface area contributed by atoms with Gasteiger partial charge in [-0.15, -0.1) is 0 Å². The molecule has 0 spiro atoms. The molecule has 2 aromatic rings. The molecule has 0 heterocycles. The molecule has 1 amide bonds. The molecule has 166 valence electrons. The number of nitro benzene ring substituents is 1. The first-order chi connectivity index (χ1) is 14.4. The summed E-state index contributed by atoms with van der Waals surface area (Å²) in [5.41, 5.74) is 0.0744. The minimum Gasteiger partial charge on any atom is -0.495 e. The van der Waals surface area contributed by atoms with Crippen molar-refractivity contribution in [1.82, 2.24) is 10.6 Å². The van der Waals surface area contributed by atoms with Crippen molar-refractivity contribution in [1.29, 1.82) is 0 Å². The van der Waals surface area contributed by atoms with E-state index in [4.69, 9.17) is 75.0 Å². The number of non-ortho nitro benzene ring substituents is 1. The maximum absolute atomic E-state index is 12.6. The van der Waals surface area contributed by atoms with Gasteiger partial charge in [-0.2, -0.15) is 0 Å². The zero-order valence-electron chi connectivity index (χ0n) is 15.4. The van der Waals surface area contributed by atoms with Crippen LogP contribution in [-0.2, 0) is 0 Å². The van der Waals surface area contributed by atoms with Crippen LogP contribution in [0.5, 0.6) is 5.75 Å². The maximum atomic E-state index is 12.6. The lowest BCUT2D eigenvalue weighted by Gasteiger charge is -2.28. The van der Waals surface area contributed by atoms with E-state index < -0.39 is 20.8 Å². The van der Waals surface area contributed by atoms with Gasteiger partial charge in [0.2, 0.25) is 3.79 Å². The number of hydrogen-bond donors (Lipinski definition) is 3. The predicted molar refractivity (Wildman–Crippen MR) is 127 cm³/mol. The van der Waals surface area contributed by atoms with Crippen molar-refractivity contribution < 1.29 is 14.5 Å². The summed E-state index contributed by atoms with van der Waals surface area (Å²) in [6, 6.07) is 8.13. The lowest BCUT2D eigenvalue weighted by atomic mass is 10.2. The molecule has 2 rings (SSSR count). The molecule has 0 aliphatic heterocycles. The molecular formula is C17H13Cl5N4O4S. The first-order valence-corrected chi connectivity index (χ1v) is 10.4. The molecule has 31 heavy (non-hydrogen) atoms. The van der Waals surface area contributed by atoms with E-state index in [-0.39, 0.29) is 32.8 Å². The number of thiocarbonyl (C=S) groups is 1. The van der Waals surface area contributed by atoms with Crippen LogP contribution in [0.25, 0.3) is 0 Å². The highest BCUT2D eigenvalue weighted by atomic mass is 35.6. The van der Waals surface area contributed by atoms with Crippen LogP contribution >= 0.6 is 70.2 Å². The molecule has 8 nitrogen and oxygen atoms in total. The second-order valence-electron chi connectivity index (χ2n) is 5.81. The average Bonchev–Trinajstić information content (AvgIpc) is 2.66. The fraction of sp³-hybridized carbons (Fsp3) is 0.176. The number of nitrogens with zero attached hydrogens (tertiary/aromatic N) is 1. The number of nitro groups is 1. The number of anilines is 1. The second-order valence-corrected chi connectivity index (χ2v) is 9.43. The zero-order chi connectivity index (χ0) is 23.3. The molecule has 1 unspecified atom stereocenters. The van der Waals surface area contributed by atoms with E-state index in [0.717, 1.165) is 0 Å². The summed E-state index contributed by atoms with van der Waals surface area (Å²) in [7, 11) is 1.38. The first kappa shape index (κ1) is 25.5. The third kappa shape index (κ3) is 7.13. The van der Waals surface area contributed by atoms with Gasteiger partial charge in [0.15, 0.2) is 5.11 Å². The highest BCUT2D eigenvalue weighted by Crippen LogP contribution is 2.31. The van der Waals surface area contributed by atoms with Crippen LogP contribution < -0.4 is 20.7 Å². The monoisotopic (exact) mass is 544 g/mol. The molecule has 0 saturated heterocycles. The van der Waals surface area contributed by atoms with Gasteiger partial charge in [-0.25, -0.2) is 0 Å². The Labute approximate surface area is 207 Å². The Kier molecular flexibility index (Phi) is 8.82. The number of hydrogen-bond acceptors (Lipinski definition) is 5. The molecular weight excluding hydrogens is 534 g/mol. The summed E-state index contributed by atoms with van der Waals surface area (Å²) in [5.74, 6) is -0.390. The van der Waals surface area contributed by atoms with Gasteiger partial charge in [0.1, 0.15) is 11.9 Å². The number of methoxy groups -OCH3 is 1. The molecule has 14 heteroatoms.